The Bertz CT molecular complexity index is 1120. The van der Waals surface area contributed by atoms with Crippen LogP contribution in [0, 0.1) is 10.1 Å². The zero-order chi connectivity index (χ0) is 23.5. The lowest BCUT2D eigenvalue weighted by atomic mass is 9.89. The molecule has 0 unspecified atom stereocenters. The van der Waals surface area contributed by atoms with Crippen LogP contribution in [-0.4, -0.2) is 31.5 Å². The Morgan fingerprint density at radius 3 is 2.47 bits per heavy atom. The Morgan fingerprint density at radius 1 is 1.16 bits per heavy atom. The fraction of sp³-hybridized carbons (Fsp3) is 0.435. The van der Waals surface area contributed by atoms with Crippen molar-refractivity contribution in [1.29, 1.82) is 0 Å². The molecule has 0 aromatic heterocycles. The van der Waals surface area contributed by atoms with Crippen LogP contribution in [0.4, 0.5) is 11.4 Å². The maximum Gasteiger partial charge on any atom is 0.271 e. The molecule has 0 fully saturated rings. The predicted octanol–water partition coefficient (Wildman–Crippen LogP) is 3.90. The predicted molar refractivity (Wildman–Crippen MR) is 124 cm³/mol. The van der Waals surface area contributed by atoms with Gasteiger partial charge in [0.1, 0.15) is 6.04 Å². The van der Waals surface area contributed by atoms with Crippen molar-refractivity contribution in [3.05, 3.63) is 69.3 Å². The van der Waals surface area contributed by atoms with E-state index in [0.29, 0.717) is 0 Å². The van der Waals surface area contributed by atoms with Gasteiger partial charge >= 0.3 is 0 Å². The molecule has 0 aliphatic heterocycles. The number of carbonyl (C=O) groups is 1. The Hall–Kier alpha value is -2.94. The number of nitrogens with zero attached hydrogens (tertiary/aromatic N) is 2. The highest BCUT2D eigenvalue weighted by Crippen LogP contribution is 2.28. The molecule has 2 aromatic carbocycles. The molecule has 0 bridgehead atoms. The van der Waals surface area contributed by atoms with Crippen LogP contribution in [-0.2, 0) is 27.7 Å². The minimum atomic E-state index is -3.88. The molecule has 3 rings (SSSR count). The summed E-state index contributed by atoms with van der Waals surface area (Å²) in [6.45, 7) is 3.58. The lowest BCUT2D eigenvalue weighted by Crippen LogP contribution is -2.49. The minimum absolute atomic E-state index is 0.0881. The number of amides is 1. The Kier molecular flexibility index (Phi) is 7.18. The van der Waals surface area contributed by atoms with Crippen LogP contribution in [0.3, 0.4) is 0 Å². The van der Waals surface area contributed by atoms with Gasteiger partial charge in [-0.3, -0.25) is 19.2 Å². The molecular formula is C23H29N3O5S. The van der Waals surface area contributed by atoms with Crippen molar-refractivity contribution in [1.82, 2.24) is 5.32 Å². The first-order valence-corrected chi connectivity index (χ1v) is 12.6. The average Bonchev–Trinajstić information content (AvgIpc) is 2.76. The SMILES string of the molecule is CC[C@@H](C(=O)N[C@@H](C)c1ccc2c(c1)CCCC2)N(c1cccc([N+](=O)[O-])c1)S(C)(=O)=O. The van der Waals surface area contributed by atoms with Gasteiger partial charge in [0.15, 0.2) is 0 Å². The average molecular weight is 460 g/mol. The normalized spacial score (nSPS) is 15.3. The molecule has 0 saturated carbocycles. The van der Waals surface area contributed by atoms with E-state index in [0.717, 1.165) is 35.4 Å². The van der Waals surface area contributed by atoms with Gasteiger partial charge in [-0.1, -0.05) is 31.2 Å². The van der Waals surface area contributed by atoms with E-state index in [1.165, 1.54) is 41.8 Å². The summed E-state index contributed by atoms with van der Waals surface area (Å²) in [5, 5.41) is 14.1. The lowest BCUT2D eigenvalue weighted by molar-refractivity contribution is -0.384. The van der Waals surface area contributed by atoms with E-state index in [4.69, 9.17) is 0 Å². The van der Waals surface area contributed by atoms with Crippen LogP contribution in [0.5, 0.6) is 0 Å². The first-order valence-electron chi connectivity index (χ1n) is 10.8. The summed E-state index contributed by atoms with van der Waals surface area (Å²) in [5.41, 5.74) is 3.46. The number of sulfonamides is 1. The number of hydrogen-bond donors (Lipinski definition) is 1. The number of hydrogen-bond acceptors (Lipinski definition) is 5. The maximum absolute atomic E-state index is 13.2. The van der Waals surface area contributed by atoms with E-state index >= 15 is 0 Å². The van der Waals surface area contributed by atoms with Gasteiger partial charge in [0, 0.05) is 12.1 Å². The van der Waals surface area contributed by atoms with Crippen molar-refractivity contribution < 1.29 is 18.1 Å². The second-order valence-corrected chi connectivity index (χ2v) is 10.1. The van der Waals surface area contributed by atoms with Crippen LogP contribution >= 0.6 is 0 Å². The topological polar surface area (TPSA) is 110 Å². The molecule has 9 heteroatoms. The highest BCUT2D eigenvalue weighted by atomic mass is 32.2. The van der Waals surface area contributed by atoms with Crippen LogP contribution in [0.1, 0.15) is 55.8 Å². The van der Waals surface area contributed by atoms with Gasteiger partial charge in [0.2, 0.25) is 15.9 Å². The Balaban J connectivity index is 1.86. The van der Waals surface area contributed by atoms with Gasteiger partial charge in [0.25, 0.3) is 5.69 Å². The number of carbonyl (C=O) groups excluding carboxylic acids is 1. The van der Waals surface area contributed by atoms with E-state index in [9.17, 15) is 23.3 Å². The molecule has 1 N–H and O–H groups in total. The van der Waals surface area contributed by atoms with Crippen molar-refractivity contribution in [3.8, 4) is 0 Å². The molecule has 2 atom stereocenters. The second-order valence-electron chi connectivity index (χ2n) is 8.23. The largest absolute Gasteiger partial charge is 0.348 e. The van der Waals surface area contributed by atoms with E-state index in [-0.39, 0.29) is 23.8 Å². The summed E-state index contributed by atoms with van der Waals surface area (Å²) in [4.78, 5) is 23.7. The molecule has 1 aliphatic carbocycles. The molecular weight excluding hydrogens is 430 g/mol. The van der Waals surface area contributed by atoms with Crippen molar-refractivity contribution in [2.75, 3.05) is 10.6 Å². The van der Waals surface area contributed by atoms with Crippen LogP contribution in [0.2, 0.25) is 0 Å². The van der Waals surface area contributed by atoms with Gasteiger partial charge in [-0.2, -0.15) is 0 Å². The zero-order valence-electron chi connectivity index (χ0n) is 18.6. The molecule has 2 aromatic rings. The van der Waals surface area contributed by atoms with E-state index in [1.807, 2.05) is 13.0 Å². The number of aryl methyl sites for hydroxylation is 2. The minimum Gasteiger partial charge on any atom is -0.348 e. The second kappa shape index (κ2) is 9.68. The number of anilines is 1. The summed E-state index contributed by atoms with van der Waals surface area (Å²) in [6.07, 6.45) is 5.64. The number of nitrogens with one attached hydrogen (secondary N) is 1. The maximum atomic E-state index is 13.2. The molecule has 0 spiro atoms. The molecule has 8 nitrogen and oxygen atoms in total. The summed E-state index contributed by atoms with van der Waals surface area (Å²) < 4.78 is 26.2. The van der Waals surface area contributed by atoms with Crippen LogP contribution < -0.4 is 9.62 Å². The summed E-state index contributed by atoms with van der Waals surface area (Å²) >= 11 is 0. The van der Waals surface area contributed by atoms with Gasteiger partial charge in [-0.05, 0) is 61.8 Å². The van der Waals surface area contributed by atoms with Gasteiger partial charge in [0.05, 0.1) is 22.9 Å². The molecule has 1 amide bonds. The molecule has 0 heterocycles. The number of nitro benzene ring substituents is 1. The number of nitro groups is 1. The number of non-ortho nitro benzene ring substituents is 1. The quantitative estimate of drug-likeness (QED) is 0.476. The smallest absolute Gasteiger partial charge is 0.271 e. The molecule has 32 heavy (non-hydrogen) atoms. The fourth-order valence-corrected chi connectivity index (χ4v) is 5.42. The third-order valence-electron chi connectivity index (χ3n) is 5.86. The van der Waals surface area contributed by atoms with Gasteiger partial charge in [-0.15, -0.1) is 0 Å². The van der Waals surface area contributed by atoms with Gasteiger partial charge < -0.3 is 5.32 Å². The standard InChI is InChI=1S/C23H29N3O5S/c1-4-22(25(32(3,30)31)20-10-7-11-21(15-20)26(28)29)23(27)24-16(2)18-13-12-17-8-5-6-9-19(17)14-18/h7,10-16,22H,4-6,8-9H2,1-3H3,(H,24,27)/t16-,22-/m0/s1. The van der Waals surface area contributed by atoms with E-state index in [1.54, 1.807) is 6.92 Å². The van der Waals surface area contributed by atoms with Crippen molar-refractivity contribution >= 4 is 27.3 Å². The number of fused-ring (bicyclic) bond motifs is 1. The third-order valence-corrected chi connectivity index (χ3v) is 7.04. The summed E-state index contributed by atoms with van der Waals surface area (Å²) in [7, 11) is -3.88. The third kappa shape index (κ3) is 5.27. The molecule has 172 valence electrons. The highest BCUT2D eigenvalue weighted by molar-refractivity contribution is 7.92. The highest BCUT2D eigenvalue weighted by Gasteiger charge is 2.33. The Labute approximate surface area is 188 Å². The monoisotopic (exact) mass is 459 g/mol. The summed E-state index contributed by atoms with van der Waals surface area (Å²) in [5.74, 6) is -0.449. The number of benzene rings is 2. The van der Waals surface area contributed by atoms with Crippen molar-refractivity contribution in [2.24, 2.45) is 0 Å². The van der Waals surface area contributed by atoms with E-state index < -0.39 is 26.9 Å². The van der Waals surface area contributed by atoms with Crippen LogP contribution in [0.25, 0.3) is 0 Å². The molecule has 0 saturated heterocycles. The summed E-state index contributed by atoms with van der Waals surface area (Å²) in [6, 6.07) is 10.2. The fourth-order valence-electron chi connectivity index (χ4n) is 4.22. The molecule has 1 aliphatic rings. The van der Waals surface area contributed by atoms with Crippen molar-refractivity contribution in [3.63, 3.8) is 0 Å². The Morgan fingerprint density at radius 2 is 1.84 bits per heavy atom. The zero-order valence-corrected chi connectivity index (χ0v) is 19.4. The molecule has 0 radical (unpaired) electrons. The first-order chi connectivity index (χ1) is 15.1. The van der Waals surface area contributed by atoms with Crippen LogP contribution in [0.15, 0.2) is 42.5 Å². The first kappa shape index (κ1) is 23.7. The number of rotatable bonds is 8. The van der Waals surface area contributed by atoms with E-state index in [2.05, 4.69) is 17.4 Å². The lowest BCUT2D eigenvalue weighted by Gasteiger charge is -2.31. The van der Waals surface area contributed by atoms with Gasteiger partial charge in [-0.25, -0.2) is 8.42 Å². The van der Waals surface area contributed by atoms with Crippen molar-refractivity contribution in [2.45, 2.75) is 58.0 Å².